The molecule has 0 spiro atoms. The molecule has 0 bridgehead atoms. The molecule has 2 rings (SSSR count). The Kier molecular flexibility index (Phi) is 5.21. The van der Waals surface area contributed by atoms with Crippen molar-refractivity contribution in [1.29, 1.82) is 0 Å². The second kappa shape index (κ2) is 7.12. The van der Waals surface area contributed by atoms with E-state index in [1.165, 1.54) is 0 Å². The second-order valence-electron chi connectivity index (χ2n) is 4.94. The van der Waals surface area contributed by atoms with E-state index in [4.69, 9.17) is 4.42 Å². The maximum Gasteiger partial charge on any atom is 0.120 e. The Morgan fingerprint density at radius 3 is 2.60 bits per heavy atom. The molecule has 1 aromatic heterocycles. The maximum absolute atomic E-state index is 9.87. The van der Waals surface area contributed by atoms with E-state index in [1.54, 1.807) is 18.4 Å². The molecular formula is C16H21NO3. The van der Waals surface area contributed by atoms with Crippen LogP contribution in [0.4, 0.5) is 0 Å². The Balaban J connectivity index is 2.07. The van der Waals surface area contributed by atoms with Crippen LogP contribution in [0.5, 0.6) is 5.75 Å². The molecule has 1 atom stereocenters. The van der Waals surface area contributed by atoms with E-state index in [0.717, 1.165) is 11.3 Å². The highest BCUT2D eigenvalue weighted by Crippen LogP contribution is 2.19. The average Bonchev–Trinajstić information content (AvgIpc) is 2.94. The van der Waals surface area contributed by atoms with Crippen LogP contribution in [0.25, 0.3) is 0 Å². The van der Waals surface area contributed by atoms with Crippen LogP contribution in [0.15, 0.2) is 47.1 Å². The van der Waals surface area contributed by atoms with E-state index in [1.807, 2.05) is 31.2 Å². The topological polar surface area (TPSA) is 56.8 Å². The van der Waals surface area contributed by atoms with Gasteiger partial charge in [0.1, 0.15) is 11.5 Å². The summed E-state index contributed by atoms with van der Waals surface area (Å²) in [6, 6.07) is 11.0. The van der Waals surface area contributed by atoms with Gasteiger partial charge in [-0.1, -0.05) is 25.1 Å². The number of para-hydroxylation sites is 1. The molecule has 0 aliphatic rings. The normalized spacial score (nSPS) is 12.8. The molecule has 0 radical (unpaired) electrons. The van der Waals surface area contributed by atoms with Crippen molar-refractivity contribution < 1.29 is 14.6 Å². The van der Waals surface area contributed by atoms with Crippen molar-refractivity contribution in [1.82, 2.24) is 4.90 Å². The van der Waals surface area contributed by atoms with Crippen molar-refractivity contribution in [2.45, 2.75) is 32.5 Å². The molecule has 0 saturated heterocycles. The van der Waals surface area contributed by atoms with Gasteiger partial charge in [0.15, 0.2) is 0 Å². The van der Waals surface area contributed by atoms with Crippen LogP contribution in [0.2, 0.25) is 0 Å². The molecule has 2 N–H and O–H groups in total. The number of hydrogen-bond donors (Lipinski definition) is 2. The van der Waals surface area contributed by atoms with E-state index in [9.17, 15) is 10.2 Å². The van der Waals surface area contributed by atoms with E-state index in [2.05, 4.69) is 4.90 Å². The lowest BCUT2D eigenvalue weighted by Crippen LogP contribution is -2.31. The Labute approximate surface area is 119 Å². The molecule has 4 heteroatoms. The van der Waals surface area contributed by atoms with Gasteiger partial charge in [-0.15, -0.1) is 0 Å². The lowest BCUT2D eigenvalue weighted by Gasteiger charge is -2.24. The van der Waals surface area contributed by atoms with Crippen molar-refractivity contribution in [2.24, 2.45) is 0 Å². The summed E-state index contributed by atoms with van der Waals surface area (Å²) in [5.41, 5.74) is 0.849. The smallest absolute Gasteiger partial charge is 0.120 e. The number of aromatic hydroxyl groups is 1. The minimum absolute atomic E-state index is 0.280. The molecular weight excluding hydrogens is 254 g/mol. The summed E-state index contributed by atoms with van der Waals surface area (Å²) in [5, 5.41) is 19.7. The SMILES string of the molecule is CC[C@@H](O)CN(Cc1ccco1)Cc1ccccc1O. The monoisotopic (exact) mass is 275 g/mol. The predicted molar refractivity (Wildman–Crippen MR) is 77.2 cm³/mol. The summed E-state index contributed by atoms with van der Waals surface area (Å²) in [6.07, 6.45) is 1.97. The number of phenols is 1. The van der Waals surface area contributed by atoms with Crippen molar-refractivity contribution in [3.8, 4) is 5.75 Å². The number of rotatable bonds is 7. The molecule has 20 heavy (non-hydrogen) atoms. The molecule has 2 aromatic rings. The highest BCUT2D eigenvalue weighted by molar-refractivity contribution is 5.31. The third kappa shape index (κ3) is 4.11. The first-order chi connectivity index (χ1) is 9.69. The predicted octanol–water partition coefficient (Wildman–Crippen LogP) is 2.76. The fourth-order valence-electron chi connectivity index (χ4n) is 2.12. The minimum atomic E-state index is -0.379. The number of furan rings is 1. The van der Waals surface area contributed by atoms with E-state index >= 15 is 0 Å². The summed E-state index contributed by atoms with van der Waals surface area (Å²) in [6.45, 7) is 3.68. The van der Waals surface area contributed by atoms with Gasteiger partial charge in [-0.2, -0.15) is 0 Å². The van der Waals surface area contributed by atoms with Crippen molar-refractivity contribution >= 4 is 0 Å². The largest absolute Gasteiger partial charge is 0.508 e. The number of aliphatic hydroxyl groups excluding tert-OH is 1. The van der Waals surface area contributed by atoms with Crippen molar-refractivity contribution in [2.75, 3.05) is 6.54 Å². The zero-order chi connectivity index (χ0) is 14.4. The number of phenolic OH excluding ortho intramolecular Hbond substituents is 1. The summed E-state index contributed by atoms with van der Waals surface area (Å²) in [7, 11) is 0. The Hall–Kier alpha value is -1.78. The third-order valence-corrected chi connectivity index (χ3v) is 3.29. The molecule has 0 amide bonds. The number of aliphatic hydroxyl groups is 1. The van der Waals surface area contributed by atoms with Crippen LogP contribution in [0.1, 0.15) is 24.7 Å². The molecule has 4 nitrogen and oxygen atoms in total. The summed E-state index contributed by atoms with van der Waals surface area (Å²) in [5.74, 6) is 1.13. The van der Waals surface area contributed by atoms with Crippen molar-refractivity contribution in [3.05, 3.63) is 54.0 Å². The van der Waals surface area contributed by atoms with Gasteiger partial charge in [-0.25, -0.2) is 0 Å². The molecule has 0 aliphatic heterocycles. The maximum atomic E-state index is 9.87. The Bertz CT molecular complexity index is 510. The highest BCUT2D eigenvalue weighted by Gasteiger charge is 2.14. The van der Waals surface area contributed by atoms with Gasteiger partial charge in [0.2, 0.25) is 0 Å². The van der Waals surface area contributed by atoms with Crippen LogP contribution in [-0.2, 0) is 13.1 Å². The van der Waals surface area contributed by atoms with Crippen LogP contribution in [0.3, 0.4) is 0 Å². The molecule has 0 aliphatic carbocycles. The van der Waals surface area contributed by atoms with Gasteiger partial charge in [-0.3, -0.25) is 4.90 Å². The number of hydrogen-bond acceptors (Lipinski definition) is 4. The first-order valence-corrected chi connectivity index (χ1v) is 6.88. The van der Waals surface area contributed by atoms with Gasteiger partial charge in [0.05, 0.1) is 18.9 Å². The lowest BCUT2D eigenvalue weighted by atomic mass is 10.1. The van der Waals surface area contributed by atoms with E-state index < -0.39 is 0 Å². The van der Waals surface area contributed by atoms with Crippen LogP contribution < -0.4 is 0 Å². The molecule has 1 aromatic carbocycles. The molecule has 108 valence electrons. The lowest BCUT2D eigenvalue weighted by molar-refractivity contribution is 0.0969. The third-order valence-electron chi connectivity index (χ3n) is 3.29. The van der Waals surface area contributed by atoms with Gasteiger partial charge in [-0.05, 0) is 24.6 Å². The molecule has 0 saturated carbocycles. The first-order valence-electron chi connectivity index (χ1n) is 6.88. The second-order valence-corrected chi connectivity index (χ2v) is 4.94. The van der Waals surface area contributed by atoms with Gasteiger partial charge < -0.3 is 14.6 Å². The average molecular weight is 275 g/mol. The minimum Gasteiger partial charge on any atom is -0.508 e. The summed E-state index contributed by atoms with van der Waals surface area (Å²) < 4.78 is 5.36. The fraction of sp³-hybridized carbons (Fsp3) is 0.375. The Morgan fingerprint density at radius 1 is 1.15 bits per heavy atom. The fourth-order valence-corrected chi connectivity index (χ4v) is 2.12. The Morgan fingerprint density at radius 2 is 1.95 bits per heavy atom. The standard InChI is InChI=1S/C16H21NO3/c1-2-14(18)11-17(12-15-7-5-9-20-15)10-13-6-3-4-8-16(13)19/h3-9,14,18-19H,2,10-12H2,1H3/t14-/m1/s1. The molecule has 1 heterocycles. The van der Waals surface area contributed by atoms with Crippen LogP contribution in [-0.4, -0.2) is 27.8 Å². The zero-order valence-electron chi connectivity index (χ0n) is 11.7. The number of nitrogens with zero attached hydrogens (tertiary/aromatic N) is 1. The summed E-state index contributed by atoms with van der Waals surface area (Å²) >= 11 is 0. The van der Waals surface area contributed by atoms with Crippen molar-refractivity contribution in [3.63, 3.8) is 0 Å². The van der Waals surface area contributed by atoms with E-state index in [0.29, 0.717) is 26.1 Å². The van der Waals surface area contributed by atoms with Gasteiger partial charge >= 0.3 is 0 Å². The van der Waals surface area contributed by atoms with Gasteiger partial charge in [0, 0.05) is 18.7 Å². The summed E-state index contributed by atoms with van der Waals surface area (Å²) in [4.78, 5) is 2.07. The van der Waals surface area contributed by atoms with E-state index in [-0.39, 0.29) is 11.9 Å². The zero-order valence-corrected chi connectivity index (χ0v) is 11.7. The van der Waals surface area contributed by atoms with Crippen LogP contribution in [0, 0.1) is 0 Å². The quantitative estimate of drug-likeness (QED) is 0.816. The first kappa shape index (κ1) is 14.6. The molecule has 0 fully saturated rings. The number of benzene rings is 1. The highest BCUT2D eigenvalue weighted by atomic mass is 16.3. The van der Waals surface area contributed by atoms with Gasteiger partial charge in [0.25, 0.3) is 0 Å². The van der Waals surface area contributed by atoms with Crippen LogP contribution >= 0.6 is 0 Å². The molecule has 0 unspecified atom stereocenters.